The fraction of sp³-hybridized carbons (Fsp3) is 0.364. The second kappa shape index (κ2) is 6.43. The molecule has 0 saturated carbocycles. The maximum absolute atomic E-state index is 10.7. The Morgan fingerprint density at radius 1 is 1.40 bits per heavy atom. The van der Waals surface area contributed by atoms with Crippen molar-refractivity contribution < 1.29 is 14.3 Å². The molecule has 0 unspecified atom stereocenters. The monoisotopic (exact) mass is 228 g/mol. The van der Waals surface area contributed by atoms with Crippen LogP contribution in [0.25, 0.3) is 0 Å². The maximum atomic E-state index is 10.7. The van der Waals surface area contributed by atoms with E-state index < -0.39 is 0 Å². The van der Waals surface area contributed by atoms with E-state index in [4.69, 9.17) is 21.1 Å². The van der Waals surface area contributed by atoms with E-state index in [1.54, 1.807) is 18.2 Å². The average Bonchev–Trinajstić information content (AvgIpc) is 2.24. The normalized spacial score (nSPS) is 10.0. The van der Waals surface area contributed by atoms with Gasteiger partial charge in [0.25, 0.3) is 0 Å². The van der Waals surface area contributed by atoms with E-state index in [-0.39, 0.29) is 0 Å². The zero-order valence-electron chi connectivity index (χ0n) is 8.53. The number of hydrogen-bond acceptors (Lipinski definition) is 3. The molecule has 82 valence electrons. The Hall–Kier alpha value is -1.06. The molecule has 15 heavy (non-hydrogen) atoms. The van der Waals surface area contributed by atoms with Gasteiger partial charge in [-0.2, -0.15) is 0 Å². The largest absolute Gasteiger partial charge is 0.490 e. The molecule has 0 saturated heterocycles. The first-order chi connectivity index (χ1) is 7.29. The van der Waals surface area contributed by atoms with Gasteiger partial charge in [0, 0.05) is 6.61 Å². The minimum Gasteiger partial charge on any atom is -0.490 e. The van der Waals surface area contributed by atoms with E-state index >= 15 is 0 Å². The quantitative estimate of drug-likeness (QED) is 0.555. The zero-order chi connectivity index (χ0) is 11.1. The molecular weight excluding hydrogens is 216 g/mol. The van der Waals surface area contributed by atoms with Gasteiger partial charge in [-0.15, -0.1) is 0 Å². The first-order valence-corrected chi connectivity index (χ1v) is 5.11. The number of carbonyl (C=O) groups excluding carboxylic acids is 1. The minimum atomic E-state index is 0.385. The standard InChI is InChI=1S/C11H13ClO3/c1-2-14-6-7-15-11-5-3-4-10(12)9(11)8-13/h3-5,8H,2,6-7H2,1H3. The molecule has 0 heterocycles. The third-order valence-corrected chi connectivity index (χ3v) is 2.15. The molecule has 1 aromatic rings. The third kappa shape index (κ3) is 3.53. The molecule has 4 heteroatoms. The summed E-state index contributed by atoms with van der Waals surface area (Å²) in [6, 6.07) is 5.10. The first-order valence-electron chi connectivity index (χ1n) is 4.73. The van der Waals surface area contributed by atoms with Crippen LogP contribution in [0.4, 0.5) is 0 Å². The van der Waals surface area contributed by atoms with Crippen LogP contribution < -0.4 is 4.74 Å². The Morgan fingerprint density at radius 2 is 2.20 bits per heavy atom. The third-order valence-electron chi connectivity index (χ3n) is 1.82. The van der Waals surface area contributed by atoms with Gasteiger partial charge in [-0.1, -0.05) is 17.7 Å². The van der Waals surface area contributed by atoms with Gasteiger partial charge < -0.3 is 9.47 Å². The van der Waals surface area contributed by atoms with E-state index in [2.05, 4.69) is 0 Å². The van der Waals surface area contributed by atoms with Crippen molar-refractivity contribution in [2.24, 2.45) is 0 Å². The summed E-state index contributed by atoms with van der Waals surface area (Å²) < 4.78 is 10.5. The van der Waals surface area contributed by atoms with Crippen molar-refractivity contribution >= 4 is 17.9 Å². The molecule has 0 aromatic heterocycles. The fourth-order valence-electron chi connectivity index (χ4n) is 1.11. The Balaban J connectivity index is 2.60. The van der Waals surface area contributed by atoms with Gasteiger partial charge in [0.05, 0.1) is 17.2 Å². The van der Waals surface area contributed by atoms with Crippen molar-refractivity contribution in [3.63, 3.8) is 0 Å². The maximum Gasteiger partial charge on any atom is 0.155 e. The second-order valence-electron chi connectivity index (χ2n) is 2.81. The number of hydrogen-bond donors (Lipinski definition) is 0. The van der Waals surface area contributed by atoms with Crippen molar-refractivity contribution in [2.75, 3.05) is 19.8 Å². The van der Waals surface area contributed by atoms with Gasteiger partial charge in [0.15, 0.2) is 6.29 Å². The van der Waals surface area contributed by atoms with Gasteiger partial charge in [0.1, 0.15) is 12.4 Å². The number of benzene rings is 1. The van der Waals surface area contributed by atoms with Gasteiger partial charge >= 0.3 is 0 Å². The Morgan fingerprint density at radius 3 is 2.87 bits per heavy atom. The number of halogens is 1. The number of aldehydes is 1. The summed E-state index contributed by atoms with van der Waals surface area (Å²) in [6.07, 6.45) is 0.693. The highest BCUT2D eigenvalue weighted by molar-refractivity contribution is 6.33. The Bertz CT molecular complexity index is 326. The van der Waals surface area contributed by atoms with E-state index in [9.17, 15) is 4.79 Å². The Labute approximate surface area is 93.9 Å². The van der Waals surface area contributed by atoms with Crippen molar-refractivity contribution in [2.45, 2.75) is 6.92 Å². The highest BCUT2D eigenvalue weighted by atomic mass is 35.5. The van der Waals surface area contributed by atoms with Crippen LogP contribution in [-0.2, 0) is 4.74 Å². The SMILES string of the molecule is CCOCCOc1cccc(Cl)c1C=O. The van der Waals surface area contributed by atoms with Crippen LogP contribution in [0.1, 0.15) is 17.3 Å². The highest BCUT2D eigenvalue weighted by Gasteiger charge is 2.06. The molecule has 1 aromatic carbocycles. The molecule has 0 aliphatic heterocycles. The predicted molar refractivity (Wildman–Crippen MR) is 58.8 cm³/mol. The molecule has 0 aliphatic rings. The molecule has 0 radical (unpaired) electrons. The van der Waals surface area contributed by atoms with Crippen molar-refractivity contribution in [1.82, 2.24) is 0 Å². The lowest BCUT2D eigenvalue weighted by molar-refractivity contribution is 0.106. The number of rotatable bonds is 6. The Kier molecular flexibility index (Phi) is 5.15. The molecule has 3 nitrogen and oxygen atoms in total. The predicted octanol–water partition coefficient (Wildman–Crippen LogP) is 2.57. The summed E-state index contributed by atoms with van der Waals surface area (Å²) in [4.78, 5) is 10.7. The molecule has 0 atom stereocenters. The molecular formula is C11H13ClO3. The average molecular weight is 229 g/mol. The minimum absolute atomic E-state index is 0.385. The molecule has 1 rings (SSSR count). The van der Waals surface area contributed by atoms with E-state index in [0.717, 1.165) is 0 Å². The summed E-state index contributed by atoms with van der Waals surface area (Å²) in [6.45, 7) is 3.48. The lowest BCUT2D eigenvalue weighted by Crippen LogP contribution is -2.07. The number of carbonyl (C=O) groups is 1. The molecule has 0 amide bonds. The van der Waals surface area contributed by atoms with E-state index in [1.165, 1.54) is 0 Å². The summed E-state index contributed by atoms with van der Waals surface area (Å²) >= 11 is 5.83. The lowest BCUT2D eigenvalue weighted by atomic mass is 10.2. The molecule has 0 N–H and O–H groups in total. The van der Waals surface area contributed by atoms with Crippen LogP contribution in [0.5, 0.6) is 5.75 Å². The molecule has 0 spiro atoms. The van der Waals surface area contributed by atoms with Gasteiger partial charge in [-0.3, -0.25) is 4.79 Å². The zero-order valence-corrected chi connectivity index (χ0v) is 9.29. The first kappa shape index (κ1) is 12.0. The fourth-order valence-corrected chi connectivity index (χ4v) is 1.32. The van der Waals surface area contributed by atoms with E-state index in [0.29, 0.717) is 42.4 Å². The van der Waals surface area contributed by atoms with Gasteiger partial charge in [-0.25, -0.2) is 0 Å². The topological polar surface area (TPSA) is 35.5 Å². The van der Waals surface area contributed by atoms with Crippen LogP contribution in [0, 0.1) is 0 Å². The summed E-state index contributed by atoms with van der Waals surface area (Å²) in [7, 11) is 0. The van der Waals surface area contributed by atoms with Crippen molar-refractivity contribution in [3.05, 3.63) is 28.8 Å². The summed E-state index contributed by atoms with van der Waals surface area (Å²) in [5, 5.41) is 0.402. The van der Waals surface area contributed by atoms with Gasteiger partial charge in [-0.05, 0) is 19.1 Å². The van der Waals surface area contributed by atoms with Crippen LogP contribution in [-0.4, -0.2) is 26.1 Å². The molecule has 0 fully saturated rings. The van der Waals surface area contributed by atoms with Gasteiger partial charge in [0.2, 0.25) is 0 Å². The highest BCUT2D eigenvalue weighted by Crippen LogP contribution is 2.24. The summed E-state index contributed by atoms with van der Waals surface area (Å²) in [5.41, 5.74) is 0.385. The van der Waals surface area contributed by atoms with E-state index in [1.807, 2.05) is 6.92 Å². The molecule has 0 bridgehead atoms. The van der Waals surface area contributed by atoms with Crippen molar-refractivity contribution in [3.8, 4) is 5.75 Å². The lowest BCUT2D eigenvalue weighted by Gasteiger charge is -2.08. The summed E-state index contributed by atoms with van der Waals surface area (Å²) in [5.74, 6) is 0.497. The van der Waals surface area contributed by atoms with Crippen LogP contribution in [0.2, 0.25) is 5.02 Å². The van der Waals surface area contributed by atoms with Crippen LogP contribution in [0.3, 0.4) is 0 Å². The van der Waals surface area contributed by atoms with Crippen LogP contribution >= 0.6 is 11.6 Å². The van der Waals surface area contributed by atoms with Crippen LogP contribution in [0.15, 0.2) is 18.2 Å². The van der Waals surface area contributed by atoms with Crippen molar-refractivity contribution in [1.29, 1.82) is 0 Å². The molecule has 0 aliphatic carbocycles. The number of ether oxygens (including phenoxy) is 2. The smallest absolute Gasteiger partial charge is 0.155 e. The second-order valence-corrected chi connectivity index (χ2v) is 3.22.